The van der Waals surface area contributed by atoms with E-state index >= 15 is 0 Å². The Labute approximate surface area is 115 Å². The number of nitrogens with two attached hydrogens (primary N) is 1. The second-order valence-corrected chi connectivity index (χ2v) is 5.22. The maximum Gasteiger partial charge on any atom is 0.417 e. The van der Waals surface area contributed by atoms with Gasteiger partial charge in [0.1, 0.15) is 4.99 Å². The van der Waals surface area contributed by atoms with Crippen LogP contribution in [0, 0.1) is 5.92 Å². The Bertz CT molecular complexity index is 499. The third kappa shape index (κ3) is 3.18. The van der Waals surface area contributed by atoms with Crippen LogP contribution in [0.2, 0.25) is 0 Å². The number of rotatable bonds is 4. The molecule has 6 heteroatoms. The van der Waals surface area contributed by atoms with E-state index in [0.717, 1.165) is 18.9 Å². The fraction of sp³-hybridized carbons (Fsp3) is 0.462. The molecule has 1 aliphatic carbocycles. The van der Waals surface area contributed by atoms with E-state index in [1.54, 1.807) is 0 Å². The molecular formula is C13H15F3N2S. The highest BCUT2D eigenvalue weighted by Gasteiger charge is 2.36. The first-order chi connectivity index (χ1) is 8.82. The molecule has 0 amide bonds. The van der Waals surface area contributed by atoms with Gasteiger partial charge in [0.2, 0.25) is 0 Å². The lowest BCUT2D eigenvalue weighted by Crippen LogP contribution is -2.18. The lowest BCUT2D eigenvalue weighted by Gasteiger charge is -2.14. The van der Waals surface area contributed by atoms with E-state index in [1.165, 1.54) is 12.1 Å². The van der Waals surface area contributed by atoms with Crippen LogP contribution in [0.1, 0.15) is 30.9 Å². The molecule has 0 heterocycles. The van der Waals surface area contributed by atoms with Crippen molar-refractivity contribution in [3.63, 3.8) is 0 Å². The number of alkyl halides is 3. The molecule has 1 aliphatic rings. The lowest BCUT2D eigenvalue weighted by molar-refractivity contribution is -0.137. The van der Waals surface area contributed by atoms with Crippen LogP contribution in [-0.2, 0) is 6.18 Å². The molecule has 1 aromatic rings. The van der Waals surface area contributed by atoms with Gasteiger partial charge in [-0.05, 0) is 30.5 Å². The fourth-order valence-corrected chi connectivity index (χ4v) is 2.34. The number of halogens is 3. The van der Waals surface area contributed by atoms with Crippen LogP contribution in [0.4, 0.5) is 18.9 Å². The predicted octanol–water partition coefficient (Wildman–Crippen LogP) is 3.55. The maximum atomic E-state index is 12.8. The molecule has 0 spiro atoms. The summed E-state index contributed by atoms with van der Waals surface area (Å²) in [6.45, 7) is 2.10. The smallest absolute Gasteiger partial charge is 0.389 e. The molecule has 0 aromatic heterocycles. The monoisotopic (exact) mass is 288 g/mol. The maximum absolute atomic E-state index is 12.8. The van der Waals surface area contributed by atoms with Gasteiger partial charge in [0.05, 0.1) is 5.56 Å². The van der Waals surface area contributed by atoms with Crippen molar-refractivity contribution in [1.82, 2.24) is 0 Å². The van der Waals surface area contributed by atoms with Crippen LogP contribution in [0.5, 0.6) is 0 Å². The molecular weight excluding hydrogens is 273 g/mol. The topological polar surface area (TPSA) is 38.0 Å². The first-order valence-electron chi connectivity index (χ1n) is 6.10. The molecule has 104 valence electrons. The molecule has 1 fully saturated rings. The van der Waals surface area contributed by atoms with Crippen LogP contribution < -0.4 is 11.1 Å². The number of anilines is 1. The summed E-state index contributed by atoms with van der Waals surface area (Å²) in [6, 6.07) is 4.19. The van der Waals surface area contributed by atoms with Crippen LogP contribution in [0.3, 0.4) is 0 Å². The number of nitrogens with one attached hydrogen (secondary N) is 1. The fourth-order valence-electron chi connectivity index (χ4n) is 2.17. The third-order valence-electron chi connectivity index (χ3n) is 3.39. The van der Waals surface area contributed by atoms with Gasteiger partial charge in [0.15, 0.2) is 0 Å². The molecule has 1 aromatic carbocycles. The summed E-state index contributed by atoms with van der Waals surface area (Å²) in [4.78, 5) is -0.237. The molecule has 2 nitrogen and oxygen atoms in total. The normalized spacial score (nSPS) is 22.1. The van der Waals surface area contributed by atoms with Crippen LogP contribution in [0.25, 0.3) is 0 Å². The molecule has 1 saturated carbocycles. The lowest BCUT2D eigenvalue weighted by atomic mass is 10.1. The minimum Gasteiger partial charge on any atom is -0.389 e. The highest BCUT2D eigenvalue weighted by Crippen LogP contribution is 2.38. The summed E-state index contributed by atoms with van der Waals surface area (Å²) < 4.78 is 38.4. The van der Waals surface area contributed by atoms with Gasteiger partial charge in [-0.3, -0.25) is 0 Å². The van der Waals surface area contributed by atoms with Gasteiger partial charge in [0.25, 0.3) is 0 Å². The van der Waals surface area contributed by atoms with Gasteiger partial charge in [-0.15, -0.1) is 0 Å². The van der Waals surface area contributed by atoms with Gasteiger partial charge in [-0.1, -0.05) is 25.6 Å². The minimum absolute atomic E-state index is 0.124. The predicted molar refractivity (Wildman–Crippen MR) is 73.1 cm³/mol. The molecule has 0 radical (unpaired) electrons. The van der Waals surface area contributed by atoms with E-state index in [9.17, 15) is 13.2 Å². The van der Waals surface area contributed by atoms with Crippen LogP contribution >= 0.6 is 12.2 Å². The Hall–Kier alpha value is -1.30. The van der Waals surface area contributed by atoms with Gasteiger partial charge >= 0.3 is 6.18 Å². The number of hydrogen-bond acceptors (Lipinski definition) is 2. The largest absolute Gasteiger partial charge is 0.417 e. The van der Waals surface area contributed by atoms with Crippen LogP contribution in [-0.4, -0.2) is 11.0 Å². The van der Waals surface area contributed by atoms with E-state index in [1.807, 2.05) is 0 Å². The first-order valence-corrected chi connectivity index (χ1v) is 6.51. The Morgan fingerprint density at radius 1 is 1.47 bits per heavy atom. The number of hydrogen-bond donors (Lipinski definition) is 2. The molecule has 2 rings (SSSR count). The Balaban J connectivity index is 2.24. The Morgan fingerprint density at radius 2 is 2.16 bits per heavy atom. The van der Waals surface area contributed by atoms with Gasteiger partial charge in [0, 0.05) is 17.3 Å². The summed E-state index contributed by atoms with van der Waals surface area (Å²) >= 11 is 4.70. The average Bonchev–Trinajstić information content (AvgIpc) is 3.06. The van der Waals surface area contributed by atoms with E-state index in [2.05, 4.69) is 12.2 Å². The van der Waals surface area contributed by atoms with Crippen molar-refractivity contribution in [1.29, 1.82) is 0 Å². The van der Waals surface area contributed by atoms with E-state index in [-0.39, 0.29) is 10.6 Å². The standard InChI is InChI=1S/C13H15F3N2S/c1-2-7-5-11(7)18-8-3-4-10(13(14,15)16)9(6-8)12(17)19/h3-4,6-7,11,18H,2,5H2,1H3,(H2,17,19). The van der Waals surface area contributed by atoms with Gasteiger partial charge in [-0.25, -0.2) is 0 Å². The number of benzene rings is 1. The quantitative estimate of drug-likeness (QED) is 0.832. The third-order valence-corrected chi connectivity index (χ3v) is 3.61. The average molecular weight is 288 g/mol. The van der Waals surface area contributed by atoms with Crippen molar-refractivity contribution in [2.24, 2.45) is 11.7 Å². The first kappa shape index (κ1) is 14.1. The van der Waals surface area contributed by atoms with Crippen molar-refractivity contribution >= 4 is 22.9 Å². The van der Waals surface area contributed by atoms with Crippen molar-refractivity contribution in [2.75, 3.05) is 5.32 Å². The second kappa shape index (κ2) is 5.00. The summed E-state index contributed by atoms with van der Waals surface area (Å²) in [6.07, 6.45) is -2.32. The Kier molecular flexibility index (Phi) is 3.71. The zero-order chi connectivity index (χ0) is 14.2. The van der Waals surface area contributed by atoms with Gasteiger partial charge in [-0.2, -0.15) is 13.2 Å². The summed E-state index contributed by atoms with van der Waals surface area (Å²) in [5.41, 5.74) is 5.11. The molecule has 2 atom stereocenters. The molecule has 19 heavy (non-hydrogen) atoms. The zero-order valence-corrected chi connectivity index (χ0v) is 11.2. The molecule has 0 bridgehead atoms. The van der Waals surface area contributed by atoms with Gasteiger partial charge < -0.3 is 11.1 Å². The molecule has 2 unspecified atom stereocenters. The van der Waals surface area contributed by atoms with Crippen molar-refractivity contribution in [3.8, 4) is 0 Å². The van der Waals surface area contributed by atoms with Crippen molar-refractivity contribution < 1.29 is 13.2 Å². The minimum atomic E-state index is -4.44. The van der Waals surface area contributed by atoms with E-state index in [4.69, 9.17) is 18.0 Å². The zero-order valence-electron chi connectivity index (χ0n) is 10.4. The molecule has 3 N–H and O–H groups in total. The van der Waals surface area contributed by atoms with E-state index < -0.39 is 11.7 Å². The summed E-state index contributed by atoms with van der Waals surface area (Å²) in [5.74, 6) is 0.607. The van der Waals surface area contributed by atoms with E-state index in [0.29, 0.717) is 17.6 Å². The summed E-state index contributed by atoms with van der Waals surface area (Å²) in [7, 11) is 0. The Morgan fingerprint density at radius 3 is 2.63 bits per heavy atom. The van der Waals surface area contributed by atoms with Crippen LogP contribution in [0.15, 0.2) is 18.2 Å². The summed E-state index contributed by atoms with van der Waals surface area (Å²) in [5, 5.41) is 3.21. The SMILES string of the molecule is CCC1CC1Nc1ccc(C(F)(F)F)c(C(N)=S)c1. The van der Waals surface area contributed by atoms with Crippen molar-refractivity contribution in [3.05, 3.63) is 29.3 Å². The molecule has 0 aliphatic heterocycles. The number of thiocarbonyl (C=S) groups is 1. The second-order valence-electron chi connectivity index (χ2n) is 4.78. The molecule has 0 saturated heterocycles. The van der Waals surface area contributed by atoms with Crippen molar-refractivity contribution in [2.45, 2.75) is 32.0 Å². The highest BCUT2D eigenvalue weighted by atomic mass is 32.1. The highest BCUT2D eigenvalue weighted by molar-refractivity contribution is 7.80.